The predicted molar refractivity (Wildman–Crippen MR) is 102 cm³/mol. The van der Waals surface area contributed by atoms with Crippen LogP contribution in [0.25, 0.3) is 0 Å². The highest BCUT2D eigenvalue weighted by atomic mass is 32.2. The molecule has 1 N–H and O–H groups in total. The second kappa shape index (κ2) is 7.62. The standard InChI is InChI=1S/C20H22FN3O2S/c1-14-11-18(21)9-10-20(14)27(25,26)22-12-19-15(2)23-24(16(19)3)13-17-7-5-4-6-8-17/h4-11,22H,12-13H2,1-3H3. The van der Waals surface area contributed by atoms with Gasteiger partial charge in [0.25, 0.3) is 0 Å². The highest BCUT2D eigenvalue weighted by molar-refractivity contribution is 7.89. The van der Waals surface area contributed by atoms with Gasteiger partial charge < -0.3 is 0 Å². The Labute approximate surface area is 158 Å². The minimum Gasteiger partial charge on any atom is -0.265 e. The van der Waals surface area contributed by atoms with Crippen molar-refractivity contribution in [2.75, 3.05) is 0 Å². The van der Waals surface area contributed by atoms with E-state index in [-0.39, 0.29) is 11.4 Å². The Bertz CT molecular complexity index is 1060. The van der Waals surface area contributed by atoms with Crippen molar-refractivity contribution in [2.24, 2.45) is 0 Å². The molecule has 0 aliphatic rings. The molecular formula is C20H22FN3O2S. The third-order valence-corrected chi connectivity index (χ3v) is 6.13. The average molecular weight is 387 g/mol. The zero-order valence-corrected chi connectivity index (χ0v) is 16.3. The van der Waals surface area contributed by atoms with Crippen molar-refractivity contribution < 1.29 is 12.8 Å². The number of aryl methyl sites for hydroxylation is 2. The van der Waals surface area contributed by atoms with E-state index in [9.17, 15) is 12.8 Å². The van der Waals surface area contributed by atoms with Gasteiger partial charge in [-0.15, -0.1) is 0 Å². The summed E-state index contributed by atoms with van der Waals surface area (Å²) in [6.07, 6.45) is 0. The number of aromatic nitrogens is 2. The topological polar surface area (TPSA) is 64.0 Å². The number of sulfonamides is 1. The second-order valence-corrected chi connectivity index (χ2v) is 8.26. The fraction of sp³-hybridized carbons (Fsp3) is 0.250. The Hall–Kier alpha value is -2.51. The molecule has 7 heteroatoms. The van der Waals surface area contributed by atoms with E-state index in [0.29, 0.717) is 12.1 Å². The molecule has 2 aromatic carbocycles. The van der Waals surface area contributed by atoms with Crippen LogP contribution < -0.4 is 4.72 Å². The number of nitrogens with one attached hydrogen (secondary N) is 1. The van der Waals surface area contributed by atoms with E-state index < -0.39 is 15.8 Å². The van der Waals surface area contributed by atoms with Gasteiger partial charge in [-0.1, -0.05) is 30.3 Å². The normalized spacial score (nSPS) is 11.7. The maximum absolute atomic E-state index is 13.2. The van der Waals surface area contributed by atoms with Gasteiger partial charge in [-0.3, -0.25) is 4.68 Å². The lowest BCUT2D eigenvalue weighted by Crippen LogP contribution is -2.24. The highest BCUT2D eigenvalue weighted by Crippen LogP contribution is 2.19. The molecular weight excluding hydrogens is 365 g/mol. The first-order chi connectivity index (χ1) is 12.8. The molecule has 0 radical (unpaired) electrons. The summed E-state index contributed by atoms with van der Waals surface area (Å²) in [6, 6.07) is 13.6. The maximum Gasteiger partial charge on any atom is 0.241 e. The Kier molecular flexibility index (Phi) is 5.43. The molecule has 0 spiro atoms. The maximum atomic E-state index is 13.2. The van der Waals surface area contributed by atoms with Crippen LogP contribution in [0.2, 0.25) is 0 Å². The third-order valence-electron chi connectivity index (χ3n) is 4.57. The lowest BCUT2D eigenvalue weighted by atomic mass is 10.2. The quantitative estimate of drug-likeness (QED) is 0.704. The summed E-state index contributed by atoms with van der Waals surface area (Å²) in [5.74, 6) is -0.458. The van der Waals surface area contributed by atoms with Crippen molar-refractivity contribution >= 4 is 10.0 Å². The SMILES string of the molecule is Cc1cc(F)ccc1S(=O)(=O)NCc1c(C)nn(Cc2ccccc2)c1C. The first-order valence-electron chi connectivity index (χ1n) is 8.60. The molecule has 0 unspecified atom stereocenters. The van der Waals surface area contributed by atoms with Crippen molar-refractivity contribution in [1.82, 2.24) is 14.5 Å². The molecule has 3 aromatic rings. The van der Waals surface area contributed by atoms with E-state index in [1.165, 1.54) is 12.1 Å². The Morgan fingerprint density at radius 2 is 1.78 bits per heavy atom. The zero-order valence-electron chi connectivity index (χ0n) is 15.5. The minimum absolute atomic E-state index is 0.0795. The second-order valence-electron chi connectivity index (χ2n) is 6.53. The van der Waals surface area contributed by atoms with E-state index in [0.717, 1.165) is 28.6 Å². The molecule has 5 nitrogen and oxygen atoms in total. The monoisotopic (exact) mass is 387 g/mol. The largest absolute Gasteiger partial charge is 0.265 e. The van der Waals surface area contributed by atoms with E-state index in [1.54, 1.807) is 6.92 Å². The van der Waals surface area contributed by atoms with Crippen LogP contribution in [-0.4, -0.2) is 18.2 Å². The van der Waals surface area contributed by atoms with Crippen molar-refractivity contribution in [2.45, 2.75) is 38.8 Å². The summed E-state index contributed by atoms with van der Waals surface area (Å²) >= 11 is 0. The first-order valence-corrected chi connectivity index (χ1v) is 10.1. The molecule has 142 valence electrons. The van der Waals surface area contributed by atoms with Crippen molar-refractivity contribution in [3.63, 3.8) is 0 Å². The Balaban J connectivity index is 1.80. The number of benzene rings is 2. The van der Waals surface area contributed by atoms with E-state index in [2.05, 4.69) is 9.82 Å². The van der Waals surface area contributed by atoms with Gasteiger partial charge in [-0.2, -0.15) is 5.10 Å². The molecule has 0 fully saturated rings. The van der Waals surface area contributed by atoms with Crippen LogP contribution in [0, 0.1) is 26.6 Å². The molecule has 1 heterocycles. The van der Waals surface area contributed by atoms with Gasteiger partial charge in [0.2, 0.25) is 10.0 Å². The molecule has 0 bridgehead atoms. The fourth-order valence-electron chi connectivity index (χ4n) is 3.06. The molecule has 0 atom stereocenters. The van der Waals surface area contributed by atoms with Crippen LogP contribution in [0.4, 0.5) is 4.39 Å². The summed E-state index contributed by atoms with van der Waals surface area (Å²) in [5, 5.41) is 4.54. The highest BCUT2D eigenvalue weighted by Gasteiger charge is 2.19. The molecule has 0 amide bonds. The minimum atomic E-state index is -3.74. The summed E-state index contributed by atoms with van der Waals surface area (Å²) in [5.41, 5.74) is 4.03. The zero-order chi connectivity index (χ0) is 19.6. The van der Waals surface area contributed by atoms with Gasteiger partial charge >= 0.3 is 0 Å². The fourth-order valence-corrected chi connectivity index (χ4v) is 4.28. The van der Waals surface area contributed by atoms with Crippen LogP contribution in [0.1, 0.15) is 28.1 Å². The van der Waals surface area contributed by atoms with Gasteiger partial charge in [0, 0.05) is 17.8 Å². The summed E-state index contributed by atoms with van der Waals surface area (Å²) in [7, 11) is -3.74. The number of hydrogen-bond acceptors (Lipinski definition) is 3. The number of halogens is 1. The Morgan fingerprint density at radius 1 is 1.07 bits per heavy atom. The van der Waals surface area contributed by atoms with Crippen LogP contribution in [-0.2, 0) is 23.1 Å². The predicted octanol–water partition coefficient (Wildman–Crippen LogP) is 3.47. The van der Waals surface area contributed by atoms with Gasteiger partial charge in [0.15, 0.2) is 0 Å². The van der Waals surface area contributed by atoms with Gasteiger partial charge in [0.05, 0.1) is 17.1 Å². The van der Waals surface area contributed by atoms with Crippen molar-refractivity contribution in [3.05, 3.63) is 82.4 Å². The molecule has 0 saturated carbocycles. The van der Waals surface area contributed by atoms with E-state index in [4.69, 9.17) is 0 Å². The van der Waals surface area contributed by atoms with Crippen molar-refractivity contribution in [3.8, 4) is 0 Å². The van der Waals surface area contributed by atoms with Crippen molar-refractivity contribution in [1.29, 1.82) is 0 Å². The summed E-state index contributed by atoms with van der Waals surface area (Å²) in [6.45, 7) is 6.12. The number of nitrogens with zero attached hydrogens (tertiary/aromatic N) is 2. The van der Waals surface area contributed by atoms with E-state index >= 15 is 0 Å². The van der Waals surface area contributed by atoms with Gasteiger partial charge in [-0.25, -0.2) is 17.5 Å². The number of rotatable bonds is 6. The lowest BCUT2D eigenvalue weighted by Gasteiger charge is -2.10. The smallest absolute Gasteiger partial charge is 0.241 e. The number of hydrogen-bond donors (Lipinski definition) is 1. The summed E-state index contributed by atoms with van der Waals surface area (Å²) < 4.78 is 42.9. The van der Waals surface area contributed by atoms with Crippen LogP contribution >= 0.6 is 0 Å². The molecule has 0 aliphatic carbocycles. The lowest BCUT2D eigenvalue weighted by molar-refractivity contribution is 0.579. The van der Waals surface area contributed by atoms with E-state index in [1.807, 2.05) is 48.9 Å². The Morgan fingerprint density at radius 3 is 2.44 bits per heavy atom. The van der Waals surface area contributed by atoms with Gasteiger partial charge in [0.1, 0.15) is 5.82 Å². The third kappa shape index (κ3) is 4.26. The molecule has 3 rings (SSSR count). The van der Waals surface area contributed by atoms with Crippen LogP contribution in [0.15, 0.2) is 53.4 Å². The van der Waals surface area contributed by atoms with Crippen LogP contribution in [0.5, 0.6) is 0 Å². The average Bonchev–Trinajstić information content (AvgIpc) is 2.87. The first kappa shape index (κ1) is 19.3. The molecule has 0 saturated heterocycles. The summed E-state index contributed by atoms with van der Waals surface area (Å²) in [4.78, 5) is 0.0795. The molecule has 27 heavy (non-hydrogen) atoms. The molecule has 0 aliphatic heterocycles. The molecule has 1 aromatic heterocycles. The van der Waals surface area contributed by atoms with Crippen LogP contribution in [0.3, 0.4) is 0 Å². The van der Waals surface area contributed by atoms with Gasteiger partial charge in [-0.05, 0) is 50.1 Å².